The Hall–Kier alpha value is -1.29. The van der Waals surface area contributed by atoms with Crippen LogP contribution in [0.2, 0.25) is 0 Å². The summed E-state index contributed by atoms with van der Waals surface area (Å²) in [7, 11) is 0. The fourth-order valence-electron chi connectivity index (χ4n) is 2.99. The summed E-state index contributed by atoms with van der Waals surface area (Å²) in [6.45, 7) is 4.80. The fraction of sp³-hybridized carbons (Fsp3) is 0.588. The molecule has 0 spiro atoms. The highest BCUT2D eigenvalue weighted by Crippen LogP contribution is 2.35. The van der Waals surface area contributed by atoms with Gasteiger partial charge in [0.25, 0.3) is 0 Å². The normalized spacial score (nSPS) is 21.8. The van der Waals surface area contributed by atoms with Crippen LogP contribution in [0.4, 0.5) is 0 Å². The van der Waals surface area contributed by atoms with E-state index in [1.165, 1.54) is 25.7 Å². The molecule has 0 saturated heterocycles. The molecule has 0 heterocycles. The van der Waals surface area contributed by atoms with Crippen LogP contribution < -0.4 is 15.2 Å². The zero-order chi connectivity index (χ0) is 15.2. The van der Waals surface area contributed by atoms with E-state index in [4.69, 9.17) is 27.4 Å². The first-order chi connectivity index (χ1) is 10.2. The molecular weight excluding hydrogens is 282 g/mol. The van der Waals surface area contributed by atoms with Crippen molar-refractivity contribution < 1.29 is 9.47 Å². The zero-order valence-electron chi connectivity index (χ0n) is 12.9. The van der Waals surface area contributed by atoms with Gasteiger partial charge in [-0.2, -0.15) is 0 Å². The van der Waals surface area contributed by atoms with Crippen LogP contribution in [0.1, 0.15) is 51.5 Å². The number of rotatable bonds is 6. The average molecular weight is 307 g/mol. The van der Waals surface area contributed by atoms with E-state index in [9.17, 15) is 0 Å². The van der Waals surface area contributed by atoms with Gasteiger partial charge in [0.15, 0.2) is 11.5 Å². The van der Waals surface area contributed by atoms with Crippen LogP contribution in [0.25, 0.3) is 0 Å². The van der Waals surface area contributed by atoms with Crippen LogP contribution in [0.5, 0.6) is 11.5 Å². The molecule has 2 rings (SSSR count). The zero-order valence-corrected chi connectivity index (χ0v) is 13.7. The number of hydrogen-bond donors (Lipinski definition) is 1. The fourth-order valence-corrected chi connectivity index (χ4v) is 3.11. The van der Waals surface area contributed by atoms with E-state index < -0.39 is 0 Å². The molecule has 2 N–H and O–H groups in total. The van der Waals surface area contributed by atoms with Gasteiger partial charge < -0.3 is 15.2 Å². The molecule has 3 nitrogen and oxygen atoms in total. The minimum atomic E-state index is 0.290. The summed E-state index contributed by atoms with van der Waals surface area (Å²) in [6.07, 6.45) is 6.41. The van der Waals surface area contributed by atoms with E-state index >= 15 is 0 Å². The predicted octanol–water partition coefficient (Wildman–Crippen LogP) is 4.07. The molecule has 2 unspecified atom stereocenters. The Kier molecular flexibility index (Phi) is 5.85. The van der Waals surface area contributed by atoms with Gasteiger partial charge in [0.1, 0.15) is 11.1 Å². The SMILES string of the molecule is CCOc1cc(C(N)=S)ccc1OC1CCCCC1CC. The molecule has 1 aromatic carbocycles. The lowest BCUT2D eigenvalue weighted by atomic mass is 9.85. The Morgan fingerprint density at radius 3 is 2.67 bits per heavy atom. The summed E-state index contributed by atoms with van der Waals surface area (Å²) >= 11 is 5.03. The molecule has 1 aliphatic carbocycles. The van der Waals surface area contributed by atoms with Gasteiger partial charge in [0.05, 0.1) is 6.61 Å². The van der Waals surface area contributed by atoms with Crippen molar-refractivity contribution in [3.05, 3.63) is 23.8 Å². The summed E-state index contributed by atoms with van der Waals surface area (Å²) in [5, 5.41) is 0. The smallest absolute Gasteiger partial charge is 0.161 e. The first-order valence-electron chi connectivity index (χ1n) is 7.89. The van der Waals surface area contributed by atoms with Crippen molar-refractivity contribution in [3.63, 3.8) is 0 Å². The van der Waals surface area contributed by atoms with Crippen LogP contribution in [0.15, 0.2) is 18.2 Å². The Morgan fingerprint density at radius 2 is 2.00 bits per heavy atom. The van der Waals surface area contributed by atoms with Crippen molar-refractivity contribution in [1.29, 1.82) is 0 Å². The number of thiocarbonyl (C=S) groups is 1. The van der Waals surface area contributed by atoms with E-state index in [2.05, 4.69) is 6.92 Å². The molecule has 1 aliphatic rings. The van der Waals surface area contributed by atoms with E-state index in [0.717, 1.165) is 23.5 Å². The summed E-state index contributed by atoms with van der Waals surface area (Å²) < 4.78 is 12.0. The monoisotopic (exact) mass is 307 g/mol. The second kappa shape index (κ2) is 7.64. The molecule has 0 aromatic heterocycles. The molecule has 0 aliphatic heterocycles. The van der Waals surface area contributed by atoms with Crippen molar-refractivity contribution in [3.8, 4) is 11.5 Å². The molecule has 2 atom stereocenters. The largest absolute Gasteiger partial charge is 0.490 e. The van der Waals surface area contributed by atoms with E-state index in [-0.39, 0.29) is 0 Å². The third kappa shape index (κ3) is 4.10. The number of hydrogen-bond acceptors (Lipinski definition) is 3. The summed E-state index contributed by atoms with van der Waals surface area (Å²) in [5.41, 5.74) is 6.51. The quantitative estimate of drug-likeness (QED) is 0.805. The van der Waals surface area contributed by atoms with Crippen LogP contribution in [0, 0.1) is 5.92 Å². The van der Waals surface area contributed by atoms with Gasteiger partial charge >= 0.3 is 0 Å². The van der Waals surface area contributed by atoms with Gasteiger partial charge in [-0.1, -0.05) is 25.6 Å². The van der Waals surface area contributed by atoms with Gasteiger partial charge in [0.2, 0.25) is 0 Å². The average Bonchev–Trinajstić information content (AvgIpc) is 2.49. The standard InChI is InChI=1S/C17H25NO2S/c1-3-12-7-5-6-8-14(12)20-15-10-9-13(17(18)21)11-16(15)19-4-2/h9-12,14H,3-8H2,1-2H3,(H2,18,21). The molecule has 0 radical (unpaired) electrons. The van der Waals surface area contributed by atoms with Crippen molar-refractivity contribution in [1.82, 2.24) is 0 Å². The molecule has 4 heteroatoms. The third-order valence-corrected chi connectivity index (χ3v) is 4.41. The number of nitrogens with two attached hydrogens (primary N) is 1. The minimum Gasteiger partial charge on any atom is -0.490 e. The molecule has 1 saturated carbocycles. The van der Waals surface area contributed by atoms with Gasteiger partial charge in [-0.25, -0.2) is 0 Å². The highest BCUT2D eigenvalue weighted by atomic mass is 32.1. The highest BCUT2D eigenvalue weighted by molar-refractivity contribution is 7.80. The second-order valence-electron chi connectivity index (χ2n) is 5.57. The lowest BCUT2D eigenvalue weighted by molar-refractivity contribution is 0.0865. The van der Waals surface area contributed by atoms with Crippen molar-refractivity contribution in [2.75, 3.05) is 6.61 Å². The Balaban J connectivity index is 2.19. The van der Waals surface area contributed by atoms with Gasteiger partial charge in [-0.15, -0.1) is 0 Å². The Labute approximate surface area is 132 Å². The maximum absolute atomic E-state index is 6.27. The van der Waals surface area contributed by atoms with Crippen LogP contribution in [0.3, 0.4) is 0 Å². The van der Waals surface area contributed by atoms with Crippen LogP contribution in [-0.2, 0) is 0 Å². The van der Waals surface area contributed by atoms with Crippen molar-refractivity contribution in [2.24, 2.45) is 11.7 Å². The Bertz CT molecular complexity index is 490. The molecule has 1 fully saturated rings. The molecular formula is C17H25NO2S. The predicted molar refractivity (Wildman–Crippen MR) is 90.2 cm³/mol. The Morgan fingerprint density at radius 1 is 1.24 bits per heavy atom. The van der Waals surface area contributed by atoms with Crippen LogP contribution in [-0.4, -0.2) is 17.7 Å². The van der Waals surface area contributed by atoms with Gasteiger partial charge in [-0.05, 0) is 56.7 Å². The number of benzene rings is 1. The molecule has 0 amide bonds. The minimum absolute atomic E-state index is 0.290. The highest BCUT2D eigenvalue weighted by Gasteiger charge is 2.26. The van der Waals surface area contributed by atoms with Crippen molar-refractivity contribution >= 4 is 17.2 Å². The first-order valence-corrected chi connectivity index (χ1v) is 8.29. The third-order valence-electron chi connectivity index (χ3n) is 4.17. The van der Waals surface area contributed by atoms with Crippen molar-refractivity contribution in [2.45, 2.75) is 52.1 Å². The first kappa shape index (κ1) is 16.1. The lowest BCUT2D eigenvalue weighted by Gasteiger charge is -2.31. The maximum Gasteiger partial charge on any atom is 0.161 e. The molecule has 0 bridgehead atoms. The lowest BCUT2D eigenvalue weighted by Crippen LogP contribution is -2.30. The van der Waals surface area contributed by atoms with E-state index in [1.54, 1.807) is 0 Å². The topological polar surface area (TPSA) is 44.5 Å². The van der Waals surface area contributed by atoms with Gasteiger partial charge in [-0.3, -0.25) is 0 Å². The number of ether oxygens (including phenoxy) is 2. The molecule has 1 aromatic rings. The summed E-state index contributed by atoms with van der Waals surface area (Å²) in [5.74, 6) is 2.19. The summed E-state index contributed by atoms with van der Waals surface area (Å²) in [4.78, 5) is 0.381. The van der Waals surface area contributed by atoms with Crippen LogP contribution >= 0.6 is 12.2 Å². The summed E-state index contributed by atoms with van der Waals surface area (Å²) in [6, 6.07) is 5.72. The molecule has 21 heavy (non-hydrogen) atoms. The van der Waals surface area contributed by atoms with E-state index in [1.807, 2.05) is 25.1 Å². The van der Waals surface area contributed by atoms with E-state index in [0.29, 0.717) is 23.6 Å². The second-order valence-corrected chi connectivity index (χ2v) is 6.01. The maximum atomic E-state index is 6.27. The molecule has 116 valence electrons. The van der Waals surface area contributed by atoms with Gasteiger partial charge in [0, 0.05) is 5.56 Å².